The maximum atomic E-state index is 3.99. The van der Waals surface area contributed by atoms with Crippen LogP contribution in [0.5, 0.6) is 0 Å². The van der Waals surface area contributed by atoms with Gasteiger partial charge in [-0.15, -0.1) is 0 Å². The fourth-order valence-electron chi connectivity index (χ4n) is 1.14. The highest BCUT2D eigenvalue weighted by atomic mass is 79.9. The summed E-state index contributed by atoms with van der Waals surface area (Å²) in [4.78, 5) is 3.99. The van der Waals surface area contributed by atoms with E-state index in [-0.39, 0.29) is 0 Å². The summed E-state index contributed by atoms with van der Waals surface area (Å²) < 4.78 is 0.924. The van der Waals surface area contributed by atoms with E-state index < -0.39 is 0 Å². The van der Waals surface area contributed by atoms with Crippen molar-refractivity contribution in [2.75, 3.05) is 0 Å². The third kappa shape index (κ3) is 2.68. The average molecular weight is 258 g/mol. The molecule has 2 rings (SSSR count). The molecule has 0 amide bonds. The molecule has 0 N–H and O–H groups in total. The Labute approximate surface area is 97.3 Å². The molecule has 0 saturated carbocycles. The third-order valence-electron chi connectivity index (χ3n) is 1.89. The number of hydrogen-bond acceptors (Lipinski definition) is 1. The van der Waals surface area contributed by atoms with Gasteiger partial charge in [0.25, 0.3) is 0 Å². The van der Waals surface area contributed by atoms with Crippen LogP contribution in [0.3, 0.4) is 0 Å². The normalized spacial score (nSPS) is 9.13. The van der Waals surface area contributed by atoms with Crippen molar-refractivity contribution in [3.05, 3.63) is 64.4 Å². The van der Waals surface area contributed by atoms with E-state index in [0.717, 1.165) is 15.6 Å². The Kier molecular flexibility index (Phi) is 3.16. The van der Waals surface area contributed by atoms with E-state index in [0.29, 0.717) is 0 Å². The van der Waals surface area contributed by atoms with E-state index in [2.05, 4.69) is 32.8 Å². The van der Waals surface area contributed by atoms with Crippen LogP contribution in [0.4, 0.5) is 0 Å². The Hall–Kier alpha value is -1.59. The molecule has 0 saturated heterocycles. The molecule has 1 heterocycles. The van der Waals surface area contributed by atoms with Gasteiger partial charge in [-0.1, -0.05) is 30.0 Å². The Bertz CT molecular complexity index is 509. The number of pyridine rings is 1. The molecule has 15 heavy (non-hydrogen) atoms. The lowest BCUT2D eigenvalue weighted by atomic mass is 10.2. The van der Waals surface area contributed by atoms with Crippen molar-refractivity contribution < 1.29 is 0 Å². The largest absolute Gasteiger partial charge is 0.263 e. The zero-order valence-corrected chi connectivity index (χ0v) is 9.53. The summed E-state index contributed by atoms with van der Waals surface area (Å²) in [5, 5.41) is 0. The predicted octanol–water partition coefficient (Wildman–Crippen LogP) is 3.24. The van der Waals surface area contributed by atoms with Crippen LogP contribution >= 0.6 is 15.9 Å². The second-order valence-electron chi connectivity index (χ2n) is 2.97. The van der Waals surface area contributed by atoms with Crippen molar-refractivity contribution in [3.63, 3.8) is 0 Å². The van der Waals surface area contributed by atoms with Crippen LogP contribution in [0.2, 0.25) is 0 Å². The molecule has 72 valence electrons. The summed E-state index contributed by atoms with van der Waals surface area (Å²) >= 11 is 3.40. The quantitative estimate of drug-likeness (QED) is 0.661. The SMILES string of the molecule is Brc1cnccc1C#Cc1ccccc1. The van der Waals surface area contributed by atoms with Gasteiger partial charge in [0.15, 0.2) is 0 Å². The molecule has 0 atom stereocenters. The van der Waals surface area contributed by atoms with E-state index in [1.165, 1.54) is 0 Å². The van der Waals surface area contributed by atoms with Gasteiger partial charge in [-0.25, -0.2) is 0 Å². The smallest absolute Gasteiger partial charge is 0.0515 e. The molecule has 1 nitrogen and oxygen atoms in total. The monoisotopic (exact) mass is 257 g/mol. The van der Waals surface area contributed by atoms with Crippen molar-refractivity contribution in [2.24, 2.45) is 0 Å². The van der Waals surface area contributed by atoms with Crippen LogP contribution in [0.1, 0.15) is 11.1 Å². The number of nitrogens with zero attached hydrogens (tertiary/aromatic N) is 1. The average Bonchev–Trinajstić information content (AvgIpc) is 2.29. The molecular formula is C13H8BrN. The maximum Gasteiger partial charge on any atom is 0.0515 e. The first-order chi connectivity index (χ1) is 7.36. The number of hydrogen-bond donors (Lipinski definition) is 0. The Morgan fingerprint density at radius 3 is 2.53 bits per heavy atom. The summed E-state index contributed by atoms with van der Waals surface area (Å²) in [7, 11) is 0. The van der Waals surface area contributed by atoms with Crippen LogP contribution in [-0.4, -0.2) is 4.98 Å². The summed E-state index contributed by atoms with van der Waals surface area (Å²) in [6, 6.07) is 11.8. The van der Waals surface area contributed by atoms with E-state index in [1.54, 1.807) is 12.4 Å². The third-order valence-corrected chi connectivity index (χ3v) is 2.52. The highest BCUT2D eigenvalue weighted by Gasteiger charge is 1.92. The molecule has 0 aliphatic carbocycles. The molecule has 0 spiro atoms. The Morgan fingerprint density at radius 2 is 1.80 bits per heavy atom. The van der Waals surface area contributed by atoms with Gasteiger partial charge < -0.3 is 0 Å². The minimum absolute atomic E-state index is 0.924. The van der Waals surface area contributed by atoms with Crippen LogP contribution in [-0.2, 0) is 0 Å². The number of aromatic nitrogens is 1. The molecule has 0 aliphatic heterocycles. The molecule has 0 bridgehead atoms. The second kappa shape index (κ2) is 4.77. The van der Waals surface area contributed by atoms with Crippen molar-refractivity contribution in [1.29, 1.82) is 0 Å². The van der Waals surface area contributed by atoms with Gasteiger partial charge in [0.2, 0.25) is 0 Å². The van der Waals surface area contributed by atoms with Gasteiger partial charge in [0.05, 0.1) is 4.47 Å². The van der Waals surface area contributed by atoms with E-state index in [9.17, 15) is 0 Å². The summed E-state index contributed by atoms with van der Waals surface area (Å²) in [5.74, 6) is 6.19. The van der Waals surface area contributed by atoms with E-state index >= 15 is 0 Å². The van der Waals surface area contributed by atoms with E-state index in [1.807, 2.05) is 36.4 Å². The zero-order valence-electron chi connectivity index (χ0n) is 7.94. The first-order valence-corrected chi connectivity index (χ1v) is 5.32. The van der Waals surface area contributed by atoms with Crippen molar-refractivity contribution >= 4 is 15.9 Å². The van der Waals surface area contributed by atoms with Gasteiger partial charge in [0, 0.05) is 23.5 Å². The summed E-state index contributed by atoms with van der Waals surface area (Å²) in [6.07, 6.45) is 3.48. The molecule has 0 aliphatic rings. The van der Waals surface area contributed by atoms with Gasteiger partial charge in [-0.3, -0.25) is 4.98 Å². The first-order valence-electron chi connectivity index (χ1n) is 4.53. The van der Waals surface area contributed by atoms with Crippen molar-refractivity contribution in [3.8, 4) is 11.8 Å². The number of rotatable bonds is 0. The van der Waals surface area contributed by atoms with Gasteiger partial charge >= 0.3 is 0 Å². The Morgan fingerprint density at radius 1 is 1.00 bits per heavy atom. The molecule has 0 unspecified atom stereocenters. The molecule has 0 radical (unpaired) electrons. The zero-order chi connectivity index (χ0) is 10.5. The Balaban J connectivity index is 2.31. The standard InChI is InChI=1S/C13H8BrN/c14-13-10-15-9-8-12(13)7-6-11-4-2-1-3-5-11/h1-5,8-10H. The van der Waals surface area contributed by atoms with E-state index in [4.69, 9.17) is 0 Å². The van der Waals surface area contributed by atoms with Crippen LogP contribution in [0.15, 0.2) is 53.3 Å². The molecule has 1 aromatic heterocycles. The fraction of sp³-hybridized carbons (Fsp3) is 0. The number of halogens is 1. The molecule has 2 heteroatoms. The molecular weight excluding hydrogens is 250 g/mol. The predicted molar refractivity (Wildman–Crippen MR) is 64.4 cm³/mol. The first kappa shape index (κ1) is 9.95. The van der Waals surface area contributed by atoms with Crippen molar-refractivity contribution in [2.45, 2.75) is 0 Å². The molecule has 1 aromatic carbocycles. The summed E-state index contributed by atoms with van der Waals surface area (Å²) in [6.45, 7) is 0. The molecule has 2 aromatic rings. The van der Waals surface area contributed by atoms with Gasteiger partial charge in [-0.05, 0) is 34.1 Å². The van der Waals surface area contributed by atoms with Crippen LogP contribution in [0.25, 0.3) is 0 Å². The minimum Gasteiger partial charge on any atom is -0.263 e. The highest BCUT2D eigenvalue weighted by Crippen LogP contribution is 2.12. The topological polar surface area (TPSA) is 12.9 Å². The molecule has 0 fully saturated rings. The lowest BCUT2D eigenvalue weighted by Crippen LogP contribution is -1.79. The fourth-order valence-corrected chi connectivity index (χ4v) is 1.49. The van der Waals surface area contributed by atoms with Gasteiger partial charge in [-0.2, -0.15) is 0 Å². The van der Waals surface area contributed by atoms with Crippen molar-refractivity contribution in [1.82, 2.24) is 4.98 Å². The highest BCUT2D eigenvalue weighted by molar-refractivity contribution is 9.10. The maximum absolute atomic E-state index is 3.99. The van der Waals surface area contributed by atoms with Gasteiger partial charge in [0.1, 0.15) is 0 Å². The minimum atomic E-state index is 0.924. The summed E-state index contributed by atoms with van der Waals surface area (Å²) in [5.41, 5.74) is 1.97. The van der Waals surface area contributed by atoms with Crippen LogP contribution < -0.4 is 0 Å². The number of benzene rings is 1. The lowest BCUT2D eigenvalue weighted by molar-refractivity contribution is 1.30. The lowest BCUT2D eigenvalue weighted by Gasteiger charge is -1.92. The van der Waals surface area contributed by atoms with Crippen LogP contribution in [0, 0.1) is 11.8 Å². The second-order valence-corrected chi connectivity index (χ2v) is 3.83.